The highest BCUT2D eigenvalue weighted by molar-refractivity contribution is 7.22. The number of hydrogen-bond acceptors (Lipinski definition) is 6. The quantitative estimate of drug-likeness (QED) is 0.371. The largest absolute Gasteiger partial charge is 0.289 e. The van der Waals surface area contributed by atoms with Crippen LogP contribution in [0.3, 0.4) is 0 Å². The third-order valence-corrected chi connectivity index (χ3v) is 6.84. The van der Waals surface area contributed by atoms with Crippen molar-refractivity contribution >= 4 is 43.6 Å². The van der Waals surface area contributed by atoms with Gasteiger partial charge in [0.25, 0.3) is 5.56 Å². The van der Waals surface area contributed by atoms with Crippen LogP contribution in [0.1, 0.15) is 30.9 Å². The molecule has 34 heavy (non-hydrogen) atoms. The predicted molar refractivity (Wildman–Crippen MR) is 134 cm³/mol. The molecule has 1 amide bonds. The summed E-state index contributed by atoms with van der Waals surface area (Å²) >= 11 is 1.48. The van der Waals surface area contributed by atoms with Crippen LogP contribution in [0.25, 0.3) is 21.3 Å². The number of rotatable bonds is 6. The van der Waals surface area contributed by atoms with Crippen LogP contribution in [-0.4, -0.2) is 30.2 Å². The Morgan fingerprint density at radius 3 is 2.68 bits per heavy atom. The summed E-state index contributed by atoms with van der Waals surface area (Å²) in [5, 5.41) is 5.09. The molecule has 5 rings (SSSR count). The fourth-order valence-electron chi connectivity index (χ4n) is 3.98. The third-order valence-electron chi connectivity index (χ3n) is 5.80. The van der Waals surface area contributed by atoms with E-state index in [4.69, 9.17) is 4.98 Å². The number of aromatic nitrogens is 5. The van der Waals surface area contributed by atoms with Crippen molar-refractivity contribution in [1.29, 1.82) is 0 Å². The predicted octanol–water partition coefficient (Wildman–Crippen LogP) is 4.10. The number of amides is 1. The van der Waals surface area contributed by atoms with Crippen molar-refractivity contribution in [2.75, 3.05) is 4.90 Å². The van der Waals surface area contributed by atoms with Gasteiger partial charge in [0.15, 0.2) is 10.8 Å². The first-order valence-electron chi connectivity index (χ1n) is 11.0. The van der Waals surface area contributed by atoms with Gasteiger partial charge in [-0.2, -0.15) is 5.10 Å². The number of anilines is 1. The lowest BCUT2D eigenvalue weighted by molar-refractivity contribution is -0.119. The second-order valence-corrected chi connectivity index (χ2v) is 9.50. The lowest BCUT2D eigenvalue weighted by Crippen LogP contribution is -2.36. The van der Waals surface area contributed by atoms with Crippen molar-refractivity contribution in [2.24, 2.45) is 7.05 Å². The van der Waals surface area contributed by atoms with Gasteiger partial charge in [-0.05, 0) is 23.1 Å². The molecule has 0 atom stereocenters. The number of fused-ring (bicyclic) bond motifs is 2. The molecule has 0 N–H and O–H groups in total. The Hall–Kier alpha value is -3.85. The highest BCUT2D eigenvalue weighted by Gasteiger charge is 2.23. The van der Waals surface area contributed by atoms with Crippen LogP contribution in [0, 0.1) is 0 Å². The molecule has 0 unspecified atom stereocenters. The summed E-state index contributed by atoms with van der Waals surface area (Å²) < 4.78 is 3.90. The summed E-state index contributed by atoms with van der Waals surface area (Å²) in [6.45, 7) is 4.48. The van der Waals surface area contributed by atoms with Gasteiger partial charge in [0.2, 0.25) is 5.91 Å². The van der Waals surface area contributed by atoms with Crippen LogP contribution in [0.15, 0.2) is 65.8 Å². The molecule has 0 aliphatic rings. The molecule has 0 saturated carbocycles. The van der Waals surface area contributed by atoms with E-state index in [1.807, 2.05) is 42.5 Å². The maximum atomic E-state index is 13.6. The van der Waals surface area contributed by atoms with Crippen LogP contribution >= 0.6 is 11.3 Å². The first-order valence-corrected chi connectivity index (χ1v) is 11.8. The third kappa shape index (κ3) is 3.99. The van der Waals surface area contributed by atoms with E-state index in [-0.39, 0.29) is 18.0 Å². The Morgan fingerprint density at radius 2 is 1.91 bits per heavy atom. The van der Waals surface area contributed by atoms with E-state index in [0.29, 0.717) is 28.6 Å². The lowest BCUT2D eigenvalue weighted by Gasteiger charge is -2.20. The van der Waals surface area contributed by atoms with E-state index in [9.17, 15) is 9.59 Å². The van der Waals surface area contributed by atoms with Gasteiger partial charge in [0, 0.05) is 7.05 Å². The molecule has 0 fully saturated rings. The Labute approximate surface area is 200 Å². The fraction of sp³-hybridized carbons (Fsp3) is 0.240. The summed E-state index contributed by atoms with van der Waals surface area (Å²) in [6.07, 6.45) is 2.88. The monoisotopic (exact) mass is 472 g/mol. The fourth-order valence-corrected chi connectivity index (χ4v) is 5.00. The molecule has 0 spiro atoms. The minimum atomic E-state index is -0.294. The normalized spacial score (nSPS) is 11.5. The SMILES string of the molecule is CC(C)c1cccc2sc(N(Cc3ccccc3)C(=O)Cn3cnc4c(cnn4C)c3=O)nc12. The molecule has 9 heteroatoms. The molecule has 2 aromatic carbocycles. The Balaban J connectivity index is 1.55. The smallest absolute Gasteiger partial charge is 0.264 e. The van der Waals surface area contributed by atoms with Crippen LogP contribution in [0.4, 0.5) is 5.13 Å². The summed E-state index contributed by atoms with van der Waals surface area (Å²) in [5.41, 5.74) is 3.24. The maximum Gasteiger partial charge on any atom is 0.264 e. The van der Waals surface area contributed by atoms with Crippen LogP contribution in [0.2, 0.25) is 0 Å². The van der Waals surface area contributed by atoms with Crippen molar-refractivity contribution < 1.29 is 4.79 Å². The van der Waals surface area contributed by atoms with E-state index >= 15 is 0 Å². The van der Waals surface area contributed by atoms with Gasteiger partial charge in [-0.25, -0.2) is 9.97 Å². The standard InChI is InChI=1S/C25H24N6O2S/c1-16(2)18-10-7-11-20-22(18)28-25(34-20)31(13-17-8-5-4-6-9-17)21(32)14-30-15-26-23-19(24(30)33)12-27-29(23)3/h4-12,15-16H,13-14H2,1-3H3. The van der Waals surface area contributed by atoms with Gasteiger partial charge < -0.3 is 0 Å². The molecule has 3 heterocycles. The number of nitrogens with zero attached hydrogens (tertiary/aromatic N) is 6. The topological polar surface area (TPSA) is 85.9 Å². The van der Waals surface area contributed by atoms with Gasteiger partial charge in [0.1, 0.15) is 18.3 Å². The van der Waals surface area contributed by atoms with Crippen LogP contribution < -0.4 is 10.5 Å². The molecule has 0 aliphatic carbocycles. The summed E-state index contributed by atoms with van der Waals surface area (Å²) in [5.74, 6) is 0.0777. The summed E-state index contributed by atoms with van der Waals surface area (Å²) in [4.78, 5) is 37.4. The number of carbonyl (C=O) groups excluding carboxylic acids is 1. The molecule has 0 bridgehead atoms. The van der Waals surface area contributed by atoms with E-state index in [1.165, 1.54) is 33.1 Å². The van der Waals surface area contributed by atoms with Crippen molar-refractivity contribution in [3.63, 3.8) is 0 Å². The first-order chi connectivity index (χ1) is 16.4. The molecular formula is C25H24N6O2S. The molecule has 3 aromatic heterocycles. The molecule has 172 valence electrons. The van der Waals surface area contributed by atoms with E-state index in [1.54, 1.807) is 11.9 Å². The van der Waals surface area contributed by atoms with E-state index < -0.39 is 0 Å². The van der Waals surface area contributed by atoms with Gasteiger partial charge in [-0.1, -0.05) is 67.6 Å². The van der Waals surface area contributed by atoms with Crippen molar-refractivity contribution in [1.82, 2.24) is 24.3 Å². The second-order valence-electron chi connectivity index (χ2n) is 8.49. The highest BCUT2D eigenvalue weighted by atomic mass is 32.1. The molecule has 0 aliphatic heterocycles. The Morgan fingerprint density at radius 1 is 1.12 bits per heavy atom. The molecule has 8 nitrogen and oxygen atoms in total. The van der Waals surface area contributed by atoms with Crippen LogP contribution in [-0.2, 0) is 24.9 Å². The lowest BCUT2D eigenvalue weighted by atomic mass is 10.0. The van der Waals surface area contributed by atoms with E-state index in [0.717, 1.165) is 21.3 Å². The molecular weight excluding hydrogens is 448 g/mol. The number of aryl methyl sites for hydroxylation is 1. The van der Waals surface area contributed by atoms with Crippen molar-refractivity contribution in [3.8, 4) is 0 Å². The van der Waals surface area contributed by atoms with Crippen molar-refractivity contribution in [2.45, 2.75) is 32.9 Å². The molecule has 0 saturated heterocycles. The number of carbonyl (C=O) groups is 1. The number of hydrogen-bond donors (Lipinski definition) is 0. The minimum absolute atomic E-state index is 0.142. The van der Waals surface area contributed by atoms with Gasteiger partial charge in [0.05, 0.1) is 23.0 Å². The Bertz CT molecular complexity index is 1550. The highest BCUT2D eigenvalue weighted by Crippen LogP contribution is 2.34. The zero-order valence-corrected chi connectivity index (χ0v) is 20.0. The maximum absolute atomic E-state index is 13.6. The number of thiazole rings is 1. The molecule has 5 aromatic rings. The first kappa shape index (κ1) is 22.0. The van der Waals surface area contributed by atoms with Gasteiger partial charge in [-0.3, -0.25) is 23.7 Å². The molecule has 0 radical (unpaired) electrons. The minimum Gasteiger partial charge on any atom is -0.289 e. The number of para-hydroxylation sites is 1. The zero-order chi connectivity index (χ0) is 23.8. The van der Waals surface area contributed by atoms with Crippen LogP contribution in [0.5, 0.6) is 0 Å². The average Bonchev–Trinajstić information content (AvgIpc) is 3.43. The second kappa shape index (κ2) is 8.83. The summed E-state index contributed by atoms with van der Waals surface area (Å²) in [7, 11) is 1.73. The van der Waals surface area contributed by atoms with Gasteiger partial charge >= 0.3 is 0 Å². The van der Waals surface area contributed by atoms with Gasteiger partial charge in [-0.15, -0.1) is 0 Å². The zero-order valence-electron chi connectivity index (χ0n) is 19.2. The van der Waals surface area contributed by atoms with E-state index in [2.05, 4.69) is 30.0 Å². The Kier molecular flexibility index (Phi) is 5.70. The van der Waals surface area contributed by atoms with Crippen molar-refractivity contribution in [3.05, 3.63) is 82.5 Å². The number of benzene rings is 2. The summed E-state index contributed by atoms with van der Waals surface area (Å²) in [6, 6.07) is 15.9. The average molecular weight is 473 g/mol.